The van der Waals surface area contributed by atoms with Crippen molar-refractivity contribution < 1.29 is 30.5 Å². The Balaban J connectivity index is 2.24. The maximum absolute atomic E-state index is 11.7. The van der Waals surface area contributed by atoms with Crippen LogP contribution in [0.15, 0.2) is 72.3 Å². The third-order valence-corrected chi connectivity index (χ3v) is 8.06. The van der Waals surface area contributed by atoms with Crippen molar-refractivity contribution in [3.05, 3.63) is 94.6 Å². The first-order chi connectivity index (χ1) is 18.4. The highest BCUT2D eigenvalue weighted by Crippen LogP contribution is 2.33. The van der Waals surface area contributed by atoms with Crippen LogP contribution < -0.4 is 4.90 Å². The molecule has 1 aliphatic carbocycles. The van der Waals surface area contributed by atoms with Crippen LogP contribution in [0.5, 0.6) is 0 Å². The molecule has 0 radical (unpaired) electrons. The Bertz CT molecular complexity index is 1510. The molecule has 210 valence electrons. The molecule has 0 atom stereocenters. The molecule has 0 amide bonds. The molecule has 0 saturated heterocycles. The Labute approximate surface area is 232 Å². The normalized spacial score (nSPS) is 13.6. The van der Waals surface area contributed by atoms with Crippen molar-refractivity contribution in [3.63, 3.8) is 0 Å². The third-order valence-electron chi connectivity index (χ3n) is 6.73. The molecule has 10 heteroatoms. The Hall–Kier alpha value is -3.05. The molecule has 0 N–H and O–H groups in total. The molecule has 0 fully saturated rings. The summed E-state index contributed by atoms with van der Waals surface area (Å²) >= 11 is 0. The standard InChI is InChI=1S/C29H36N2O6S2/c1-5-30(6-2)27-15-11-22(12-16-27)29(23-13-17-28(18-14-23)31(7-3)8-4)24-9-10-25(20-38(32,33)34)26(19-24)21-39(35,36)37/h9-19H,5-8,20-21H2,1-4H3,(H-,32,33,34,35,36,37)/p-1. The van der Waals surface area contributed by atoms with Gasteiger partial charge in [0, 0.05) is 30.9 Å². The topological polar surface area (TPSA) is 121 Å². The largest absolute Gasteiger partial charge is 0.748 e. The first kappa shape index (κ1) is 30.5. The summed E-state index contributed by atoms with van der Waals surface area (Å²) in [5.74, 6) is -1.81. The van der Waals surface area contributed by atoms with Crippen LogP contribution in [0, 0.1) is 0 Å². The van der Waals surface area contributed by atoms with Gasteiger partial charge in [-0.15, -0.1) is 0 Å². The van der Waals surface area contributed by atoms with Crippen molar-refractivity contribution in [1.82, 2.24) is 0 Å². The molecule has 0 aromatic heterocycles. The minimum absolute atomic E-state index is 0.000975. The molecule has 8 nitrogen and oxygen atoms in total. The number of nitrogens with zero attached hydrogens (tertiary/aromatic N) is 2. The predicted octanol–water partition coefficient (Wildman–Crippen LogP) is 4.04. The number of hydrogen-bond acceptors (Lipinski definition) is 7. The van der Waals surface area contributed by atoms with Gasteiger partial charge in [0.15, 0.2) is 5.71 Å². The molecule has 1 aliphatic rings. The molecule has 0 saturated carbocycles. The molecule has 3 rings (SSSR count). The van der Waals surface area contributed by atoms with E-state index in [4.69, 9.17) is 0 Å². The lowest BCUT2D eigenvalue weighted by Crippen LogP contribution is -2.21. The zero-order valence-electron chi connectivity index (χ0n) is 22.8. The molecule has 39 heavy (non-hydrogen) atoms. The van der Waals surface area contributed by atoms with Crippen molar-refractivity contribution in [2.75, 3.05) is 31.1 Å². The van der Waals surface area contributed by atoms with Crippen molar-refractivity contribution in [1.29, 1.82) is 0 Å². The number of allylic oxidation sites excluding steroid dienone is 5. The summed E-state index contributed by atoms with van der Waals surface area (Å²) in [6.07, 6.45) is 8.02. The van der Waals surface area contributed by atoms with Crippen LogP contribution in [0.2, 0.25) is 0 Å². The third kappa shape index (κ3) is 8.22. The van der Waals surface area contributed by atoms with E-state index in [0.717, 1.165) is 54.3 Å². The number of rotatable bonds is 11. The second-order valence-electron chi connectivity index (χ2n) is 9.20. The summed E-state index contributed by atoms with van der Waals surface area (Å²) in [4.78, 5) is 2.22. The summed E-state index contributed by atoms with van der Waals surface area (Å²) in [7, 11) is -9.43. The highest BCUT2D eigenvalue weighted by molar-refractivity contribution is 7.85. The Morgan fingerprint density at radius 2 is 1.23 bits per heavy atom. The van der Waals surface area contributed by atoms with Gasteiger partial charge in [-0.25, -0.2) is 21.4 Å². The van der Waals surface area contributed by atoms with Crippen LogP contribution in [0.4, 0.5) is 5.69 Å². The molecule has 0 bridgehead atoms. The zero-order chi connectivity index (χ0) is 28.8. The highest BCUT2D eigenvalue weighted by atomic mass is 32.2. The van der Waals surface area contributed by atoms with E-state index in [1.54, 1.807) is 6.07 Å². The minimum atomic E-state index is -4.74. The van der Waals surface area contributed by atoms with E-state index in [0.29, 0.717) is 5.56 Å². The van der Waals surface area contributed by atoms with Gasteiger partial charge < -0.3 is 14.0 Å². The zero-order valence-corrected chi connectivity index (χ0v) is 24.4. The van der Waals surface area contributed by atoms with Crippen LogP contribution in [0.1, 0.15) is 49.9 Å². The quantitative estimate of drug-likeness (QED) is 0.295. The van der Waals surface area contributed by atoms with E-state index in [9.17, 15) is 25.9 Å². The molecule has 0 aliphatic heterocycles. The molecule has 2 aromatic rings. The van der Waals surface area contributed by atoms with Gasteiger partial charge in [0.05, 0.1) is 31.7 Å². The van der Waals surface area contributed by atoms with Crippen molar-refractivity contribution in [2.24, 2.45) is 0 Å². The van der Waals surface area contributed by atoms with E-state index < -0.39 is 31.7 Å². The van der Waals surface area contributed by atoms with Crippen LogP contribution in [-0.4, -0.2) is 62.4 Å². The van der Waals surface area contributed by atoms with Crippen LogP contribution >= 0.6 is 0 Å². The SMILES string of the molecule is CCN(CC)c1ccc(C(=C2C=CC(=[N+](CC)CC)C=C2)c2ccc(CS(=O)(=O)[O-])c(CS(=O)(=O)[O-])c2)cc1. The second kappa shape index (κ2) is 12.9. The smallest absolute Gasteiger partial charge is 0.199 e. The summed E-state index contributed by atoms with van der Waals surface area (Å²) in [5.41, 5.74) is 5.24. The summed E-state index contributed by atoms with van der Waals surface area (Å²) in [6, 6.07) is 12.6. The summed E-state index contributed by atoms with van der Waals surface area (Å²) < 4.78 is 71.6. The van der Waals surface area contributed by atoms with Gasteiger partial charge in [-0.2, -0.15) is 0 Å². The lowest BCUT2D eigenvalue weighted by atomic mass is 9.89. The van der Waals surface area contributed by atoms with Crippen molar-refractivity contribution >= 4 is 37.2 Å². The average Bonchev–Trinajstić information content (AvgIpc) is 2.87. The molecule has 0 spiro atoms. The maximum atomic E-state index is 11.7. The van der Waals surface area contributed by atoms with Crippen molar-refractivity contribution in [3.8, 4) is 0 Å². The molecule has 0 unspecified atom stereocenters. The van der Waals surface area contributed by atoms with Crippen LogP contribution in [0.3, 0.4) is 0 Å². The van der Waals surface area contributed by atoms with E-state index in [2.05, 4.69) is 37.2 Å². The van der Waals surface area contributed by atoms with Crippen molar-refractivity contribution in [2.45, 2.75) is 39.2 Å². The van der Waals surface area contributed by atoms with Crippen LogP contribution in [0.25, 0.3) is 5.57 Å². The van der Waals surface area contributed by atoms with Gasteiger partial charge in [0.1, 0.15) is 13.1 Å². The van der Waals surface area contributed by atoms with Crippen LogP contribution in [-0.2, 0) is 31.7 Å². The summed E-state index contributed by atoms with van der Waals surface area (Å²) in [6.45, 7) is 11.8. The first-order valence-corrected chi connectivity index (χ1v) is 16.1. The van der Waals surface area contributed by atoms with Gasteiger partial charge in [0.2, 0.25) is 0 Å². The first-order valence-electron chi connectivity index (χ1n) is 13.0. The fourth-order valence-corrected chi connectivity index (χ4v) is 6.10. The second-order valence-corrected chi connectivity index (χ2v) is 12.0. The Morgan fingerprint density at radius 1 is 0.718 bits per heavy atom. The predicted molar refractivity (Wildman–Crippen MR) is 154 cm³/mol. The van der Waals surface area contributed by atoms with Gasteiger partial charge in [0.25, 0.3) is 0 Å². The highest BCUT2D eigenvalue weighted by Gasteiger charge is 2.17. The number of hydrogen-bond donors (Lipinski definition) is 0. The fraction of sp³-hybridized carbons (Fsp3) is 0.345. The minimum Gasteiger partial charge on any atom is -0.748 e. The van der Waals surface area contributed by atoms with E-state index in [1.807, 2.05) is 48.6 Å². The van der Waals surface area contributed by atoms with Gasteiger partial charge in [-0.3, -0.25) is 0 Å². The lowest BCUT2D eigenvalue weighted by molar-refractivity contribution is -0.519. The van der Waals surface area contributed by atoms with E-state index in [1.165, 1.54) is 12.1 Å². The number of benzene rings is 2. The molecule has 0 heterocycles. The lowest BCUT2D eigenvalue weighted by Gasteiger charge is -2.22. The monoisotopic (exact) mass is 571 g/mol. The van der Waals surface area contributed by atoms with E-state index in [-0.39, 0.29) is 11.1 Å². The van der Waals surface area contributed by atoms with E-state index >= 15 is 0 Å². The van der Waals surface area contributed by atoms with Gasteiger partial charge in [-0.1, -0.05) is 24.3 Å². The molecule has 2 aromatic carbocycles. The fourth-order valence-electron chi connectivity index (χ4n) is 4.79. The Kier molecular flexibility index (Phi) is 10.1. The summed E-state index contributed by atoms with van der Waals surface area (Å²) in [5, 5.41) is 0. The van der Waals surface area contributed by atoms with Gasteiger partial charge in [-0.05, 0) is 91.4 Å². The molecular weight excluding hydrogens is 536 g/mol. The Morgan fingerprint density at radius 3 is 1.72 bits per heavy atom. The number of anilines is 1. The maximum Gasteiger partial charge on any atom is 0.199 e. The molecular formula is C29H35N2O6S2-. The average molecular weight is 572 g/mol. The van der Waals surface area contributed by atoms with Gasteiger partial charge >= 0.3 is 0 Å².